The number of hydrogen-bond donors (Lipinski definition) is 3. The molecule has 0 unspecified atom stereocenters. The number of ether oxygens (including phenoxy) is 1. The molecule has 0 saturated carbocycles. The van der Waals surface area contributed by atoms with Crippen molar-refractivity contribution < 1.29 is 17.9 Å². The number of unbranched alkanes of at least 4 members (excludes halogenated alkanes) is 1. The van der Waals surface area contributed by atoms with Crippen LogP contribution in [0, 0.1) is 0 Å². The van der Waals surface area contributed by atoms with E-state index in [4.69, 9.17) is 10.6 Å². The van der Waals surface area contributed by atoms with Crippen LogP contribution in [0.1, 0.15) is 31.7 Å². The lowest BCUT2D eigenvalue weighted by Crippen LogP contribution is -2.14. The van der Waals surface area contributed by atoms with Gasteiger partial charge >= 0.3 is 6.18 Å². The quantitative estimate of drug-likeness (QED) is 0.371. The number of alkyl halides is 3. The molecule has 1 aromatic heterocycles. The van der Waals surface area contributed by atoms with Gasteiger partial charge in [0.2, 0.25) is 0 Å². The van der Waals surface area contributed by atoms with Crippen molar-refractivity contribution in [3.63, 3.8) is 0 Å². The van der Waals surface area contributed by atoms with Gasteiger partial charge in [-0.15, -0.1) is 0 Å². The standard InChI is InChI=1S/C13H21F3N4O/c1-2-3-6-21-7-4-5-18-11-8-10(13(14,15)16)9-12(19-11)20-17/h8-9H,2-7,17H2,1H3,(H2,18,19,20). The van der Waals surface area contributed by atoms with Crippen molar-refractivity contribution in [2.45, 2.75) is 32.4 Å². The second-order valence-electron chi connectivity index (χ2n) is 4.51. The molecule has 0 aliphatic heterocycles. The van der Waals surface area contributed by atoms with E-state index in [9.17, 15) is 13.2 Å². The van der Waals surface area contributed by atoms with Crippen LogP contribution >= 0.6 is 0 Å². The number of nitrogens with one attached hydrogen (secondary N) is 2. The predicted octanol–water partition coefficient (Wildman–Crippen LogP) is 3.00. The van der Waals surface area contributed by atoms with Gasteiger partial charge in [-0.2, -0.15) is 13.2 Å². The molecule has 0 bridgehead atoms. The molecule has 4 N–H and O–H groups in total. The zero-order valence-corrected chi connectivity index (χ0v) is 12.0. The van der Waals surface area contributed by atoms with Crippen molar-refractivity contribution in [3.05, 3.63) is 17.7 Å². The van der Waals surface area contributed by atoms with Gasteiger partial charge in [0.05, 0.1) is 5.56 Å². The van der Waals surface area contributed by atoms with Crippen LogP contribution in [0.3, 0.4) is 0 Å². The van der Waals surface area contributed by atoms with Crippen molar-refractivity contribution >= 4 is 11.6 Å². The van der Waals surface area contributed by atoms with E-state index in [0.29, 0.717) is 26.2 Å². The van der Waals surface area contributed by atoms with E-state index in [-0.39, 0.29) is 11.6 Å². The first kappa shape index (κ1) is 17.5. The molecule has 0 aliphatic carbocycles. The summed E-state index contributed by atoms with van der Waals surface area (Å²) in [7, 11) is 0. The summed E-state index contributed by atoms with van der Waals surface area (Å²) >= 11 is 0. The SMILES string of the molecule is CCCCOCCCNc1cc(C(F)(F)F)cc(NN)n1. The molecule has 0 fully saturated rings. The molecule has 1 rings (SSSR count). The number of pyridine rings is 1. The zero-order valence-electron chi connectivity index (χ0n) is 12.0. The molecule has 0 spiro atoms. The number of nitrogens with zero attached hydrogens (tertiary/aromatic N) is 1. The number of nitrogens with two attached hydrogens (primary N) is 1. The topological polar surface area (TPSA) is 72.2 Å². The summed E-state index contributed by atoms with van der Waals surface area (Å²) in [4.78, 5) is 3.92. The van der Waals surface area contributed by atoms with Gasteiger partial charge in [-0.3, -0.25) is 0 Å². The molecule has 120 valence electrons. The Labute approximate surface area is 122 Å². The number of hydrogen-bond acceptors (Lipinski definition) is 5. The van der Waals surface area contributed by atoms with Crippen LogP contribution in [-0.4, -0.2) is 24.7 Å². The summed E-state index contributed by atoms with van der Waals surface area (Å²) in [5.41, 5.74) is 1.33. The molecular formula is C13H21F3N4O. The highest BCUT2D eigenvalue weighted by molar-refractivity contribution is 5.49. The van der Waals surface area contributed by atoms with Crippen LogP contribution in [0.15, 0.2) is 12.1 Å². The largest absolute Gasteiger partial charge is 0.416 e. The van der Waals surface area contributed by atoms with Gasteiger partial charge in [0, 0.05) is 19.8 Å². The van der Waals surface area contributed by atoms with E-state index in [1.165, 1.54) is 0 Å². The number of nitrogen functional groups attached to an aromatic ring is 1. The molecule has 0 saturated heterocycles. The lowest BCUT2D eigenvalue weighted by atomic mass is 10.2. The Kier molecular flexibility index (Phi) is 7.24. The summed E-state index contributed by atoms with van der Waals surface area (Å²) in [6.45, 7) is 3.82. The van der Waals surface area contributed by atoms with Gasteiger partial charge in [-0.1, -0.05) is 13.3 Å². The van der Waals surface area contributed by atoms with Gasteiger partial charge in [0.25, 0.3) is 0 Å². The smallest absolute Gasteiger partial charge is 0.381 e. The Morgan fingerprint density at radius 1 is 1.19 bits per heavy atom. The molecule has 5 nitrogen and oxygen atoms in total. The molecule has 0 aromatic carbocycles. The number of halogens is 3. The second kappa shape index (κ2) is 8.68. The van der Waals surface area contributed by atoms with Gasteiger partial charge in [0.1, 0.15) is 11.6 Å². The first-order valence-electron chi connectivity index (χ1n) is 6.85. The van der Waals surface area contributed by atoms with Crippen LogP contribution in [-0.2, 0) is 10.9 Å². The van der Waals surface area contributed by atoms with Gasteiger partial charge in [-0.05, 0) is 25.0 Å². The average molecular weight is 306 g/mol. The van der Waals surface area contributed by atoms with E-state index in [1.54, 1.807) is 0 Å². The van der Waals surface area contributed by atoms with E-state index in [1.807, 2.05) is 0 Å². The van der Waals surface area contributed by atoms with Crippen LogP contribution in [0.4, 0.5) is 24.8 Å². The van der Waals surface area contributed by atoms with Crippen molar-refractivity contribution in [1.82, 2.24) is 4.98 Å². The summed E-state index contributed by atoms with van der Waals surface area (Å²) in [6, 6.07) is 1.82. The van der Waals surface area contributed by atoms with Crippen molar-refractivity contribution in [3.8, 4) is 0 Å². The number of aromatic nitrogens is 1. The third-order valence-corrected chi connectivity index (χ3v) is 2.71. The number of hydrazine groups is 1. The third-order valence-electron chi connectivity index (χ3n) is 2.71. The second-order valence-corrected chi connectivity index (χ2v) is 4.51. The fourth-order valence-corrected chi connectivity index (χ4v) is 1.60. The summed E-state index contributed by atoms with van der Waals surface area (Å²) in [5.74, 6) is 5.22. The Balaban J connectivity index is 2.47. The van der Waals surface area contributed by atoms with Crippen LogP contribution in [0.25, 0.3) is 0 Å². The van der Waals surface area contributed by atoms with Gasteiger partial charge in [-0.25, -0.2) is 10.8 Å². The molecular weight excluding hydrogens is 285 g/mol. The summed E-state index contributed by atoms with van der Waals surface area (Å²) in [6.07, 6.45) is -1.67. The highest BCUT2D eigenvalue weighted by Gasteiger charge is 2.31. The monoisotopic (exact) mass is 306 g/mol. The molecule has 8 heteroatoms. The first-order chi connectivity index (χ1) is 9.97. The van der Waals surface area contributed by atoms with Crippen LogP contribution in [0.5, 0.6) is 0 Å². The molecule has 21 heavy (non-hydrogen) atoms. The highest BCUT2D eigenvalue weighted by atomic mass is 19.4. The summed E-state index contributed by atoms with van der Waals surface area (Å²) < 4.78 is 43.5. The van der Waals surface area contributed by atoms with E-state index in [0.717, 1.165) is 25.0 Å². The maximum atomic E-state index is 12.7. The Bertz CT molecular complexity index is 426. The first-order valence-corrected chi connectivity index (χ1v) is 6.85. The van der Waals surface area contributed by atoms with Gasteiger partial charge in [0.15, 0.2) is 0 Å². The normalized spacial score (nSPS) is 11.5. The third kappa shape index (κ3) is 6.63. The Hall–Kier alpha value is -1.54. The minimum atomic E-state index is -4.44. The fraction of sp³-hybridized carbons (Fsp3) is 0.615. The number of anilines is 2. The minimum Gasteiger partial charge on any atom is -0.381 e. The van der Waals surface area contributed by atoms with Crippen LogP contribution in [0.2, 0.25) is 0 Å². The molecule has 0 radical (unpaired) electrons. The molecule has 1 heterocycles. The maximum Gasteiger partial charge on any atom is 0.416 e. The molecule has 0 amide bonds. The summed E-state index contributed by atoms with van der Waals surface area (Å²) in [5, 5.41) is 2.84. The highest BCUT2D eigenvalue weighted by Crippen LogP contribution is 2.31. The van der Waals surface area contributed by atoms with Gasteiger partial charge < -0.3 is 15.5 Å². The van der Waals surface area contributed by atoms with Crippen molar-refractivity contribution in [1.29, 1.82) is 0 Å². The van der Waals surface area contributed by atoms with E-state index < -0.39 is 11.7 Å². The van der Waals surface area contributed by atoms with E-state index in [2.05, 4.69) is 22.7 Å². The predicted molar refractivity (Wildman–Crippen MR) is 75.9 cm³/mol. The van der Waals surface area contributed by atoms with Crippen molar-refractivity contribution in [2.75, 3.05) is 30.5 Å². The molecule has 1 aromatic rings. The average Bonchev–Trinajstić information content (AvgIpc) is 2.45. The lowest BCUT2D eigenvalue weighted by molar-refractivity contribution is -0.137. The maximum absolute atomic E-state index is 12.7. The number of rotatable bonds is 9. The molecule has 0 aliphatic rings. The zero-order chi connectivity index (χ0) is 15.7. The van der Waals surface area contributed by atoms with Crippen LogP contribution < -0.4 is 16.6 Å². The Morgan fingerprint density at radius 2 is 1.86 bits per heavy atom. The fourth-order valence-electron chi connectivity index (χ4n) is 1.60. The Morgan fingerprint density at radius 3 is 2.48 bits per heavy atom. The van der Waals surface area contributed by atoms with Crippen molar-refractivity contribution in [2.24, 2.45) is 5.84 Å². The molecule has 0 atom stereocenters. The minimum absolute atomic E-state index is 0.0356. The van der Waals surface area contributed by atoms with E-state index >= 15 is 0 Å². The lowest BCUT2D eigenvalue weighted by Gasteiger charge is -2.12.